The molecule has 0 spiro atoms. The third kappa shape index (κ3) is 4.09. The van der Waals surface area contributed by atoms with Crippen LogP contribution in [0.2, 0.25) is 0 Å². The molecule has 1 amide bonds. The molecule has 21 heavy (non-hydrogen) atoms. The number of hydrogen-bond acceptors (Lipinski definition) is 5. The Hall–Kier alpha value is -1.30. The van der Waals surface area contributed by atoms with Gasteiger partial charge in [-0.15, -0.1) is 0 Å². The third-order valence-electron chi connectivity index (χ3n) is 4.01. The van der Waals surface area contributed by atoms with Gasteiger partial charge in [0.1, 0.15) is 5.60 Å². The second kappa shape index (κ2) is 6.22. The van der Waals surface area contributed by atoms with Crippen LogP contribution in [0.3, 0.4) is 0 Å². The number of nitrogens with zero attached hydrogens (tertiary/aromatic N) is 2. The van der Waals surface area contributed by atoms with Crippen LogP contribution in [0.25, 0.3) is 0 Å². The summed E-state index contributed by atoms with van der Waals surface area (Å²) in [5.74, 6) is -0.141. The van der Waals surface area contributed by atoms with Crippen LogP contribution in [0.5, 0.6) is 0 Å². The lowest BCUT2D eigenvalue weighted by atomic mass is 9.94. The van der Waals surface area contributed by atoms with Crippen LogP contribution in [-0.2, 0) is 14.3 Å². The topological polar surface area (TPSA) is 59.1 Å². The lowest BCUT2D eigenvalue weighted by molar-refractivity contribution is -0.153. The number of methoxy groups -OCH3 is 1. The molecule has 2 fully saturated rings. The van der Waals surface area contributed by atoms with Crippen LogP contribution < -0.4 is 0 Å². The molecule has 2 aliphatic heterocycles. The molecule has 2 rings (SSSR count). The Balaban J connectivity index is 1.82. The van der Waals surface area contributed by atoms with Crippen molar-refractivity contribution in [2.45, 2.75) is 45.3 Å². The number of piperidine rings is 1. The van der Waals surface area contributed by atoms with Gasteiger partial charge < -0.3 is 14.4 Å². The van der Waals surface area contributed by atoms with E-state index >= 15 is 0 Å². The molecule has 0 bridgehead atoms. The van der Waals surface area contributed by atoms with Crippen LogP contribution in [-0.4, -0.2) is 66.8 Å². The Morgan fingerprint density at radius 2 is 1.81 bits per heavy atom. The molecule has 0 saturated carbocycles. The van der Waals surface area contributed by atoms with Crippen molar-refractivity contribution in [1.29, 1.82) is 0 Å². The van der Waals surface area contributed by atoms with Gasteiger partial charge in [-0.05, 0) is 33.6 Å². The highest BCUT2D eigenvalue weighted by Crippen LogP contribution is 2.26. The van der Waals surface area contributed by atoms with Gasteiger partial charge in [-0.25, -0.2) is 4.79 Å². The van der Waals surface area contributed by atoms with Crippen LogP contribution in [0.1, 0.15) is 33.6 Å². The van der Waals surface area contributed by atoms with Crippen molar-refractivity contribution in [2.24, 2.45) is 5.92 Å². The average molecular weight is 298 g/mol. The summed E-state index contributed by atoms with van der Waals surface area (Å²) in [7, 11) is 1.43. The lowest BCUT2D eigenvalue weighted by Gasteiger charge is -2.46. The summed E-state index contributed by atoms with van der Waals surface area (Å²) in [6.45, 7) is 8.54. The molecule has 2 saturated heterocycles. The maximum absolute atomic E-state index is 12.1. The fraction of sp³-hybridized carbons (Fsp3) is 0.867. The smallest absolute Gasteiger partial charge is 0.410 e. The van der Waals surface area contributed by atoms with Crippen LogP contribution in [0.15, 0.2) is 0 Å². The molecule has 6 nitrogen and oxygen atoms in total. The Morgan fingerprint density at radius 3 is 2.38 bits per heavy atom. The van der Waals surface area contributed by atoms with E-state index in [1.165, 1.54) is 7.11 Å². The van der Waals surface area contributed by atoms with Crippen LogP contribution >= 0.6 is 0 Å². The van der Waals surface area contributed by atoms with Crippen molar-refractivity contribution in [3.8, 4) is 0 Å². The number of rotatable bonds is 2. The van der Waals surface area contributed by atoms with E-state index in [-0.39, 0.29) is 18.0 Å². The van der Waals surface area contributed by atoms with E-state index in [4.69, 9.17) is 9.47 Å². The normalized spacial score (nSPS) is 24.4. The molecule has 0 aromatic rings. The fourth-order valence-electron chi connectivity index (χ4n) is 2.87. The van der Waals surface area contributed by atoms with Gasteiger partial charge in [-0.2, -0.15) is 0 Å². The van der Waals surface area contributed by atoms with Gasteiger partial charge in [0.05, 0.1) is 13.0 Å². The highest BCUT2D eigenvalue weighted by molar-refractivity contribution is 5.73. The first-order chi connectivity index (χ1) is 9.80. The Morgan fingerprint density at radius 1 is 1.14 bits per heavy atom. The van der Waals surface area contributed by atoms with Gasteiger partial charge in [0.25, 0.3) is 0 Å². The van der Waals surface area contributed by atoms with E-state index in [1.54, 1.807) is 4.90 Å². The summed E-state index contributed by atoms with van der Waals surface area (Å²) in [6.07, 6.45) is 1.80. The minimum absolute atomic E-state index is 0.00750. The number of carbonyl (C=O) groups excluding carboxylic acids is 2. The maximum atomic E-state index is 12.1. The minimum Gasteiger partial charge on any atom is -0.469 e. The monoisotopic (exact) mass is 298 g/mol. The second-order valence-corrected chi connectivity index (χ2v) is 6.90. The zero-order valence-electron chi connectivity index (χ0n) is 13.4. The summed E-state index contributed by atoms with van der Waals surface area (Å²) >= 11 is 0. The highest BCUT2D eigenvalue weighted by atomic mass is 16.6. The Bertz CT molecular complexity index is 399. The molecule has 2 aliphatic rings. The zero-order chi connectivity index (χ0) is 15.6. The summed E-state index contributed by atoms with van der Waals surface area (Å²) in [6, 6.07) is 0.326. The highest BCUT2D eigenvalue weighted by Gasteiger charge is 2.39. The molecular weight excluding hydrogens is 272 g/mol. The lowest BCUT2D eigenvalue weighted by Crippen LogP contribution is -2.59. The van der Waals surface area contributed by atoms with Crippen molar-refractivity contribution < 1.29 is 19.1 Å². The van der Waals surface area contributed by atoms with E-state index in [2.05, 4.69) is 4.90 Å². The largest absolute Gasteiger partial charge is 0.469 e. The van der Waals surface area contributed by atoms with E-state index in [0.717, 1.165) is 32.5 Å². The van der Waals surface area contributed by atoms with Crippen molar-refractivity contribution in [1.82, 2.24) is 9.80 Å². The van der Waals surface area contributed by atoms with E-state index in [1.807, 2.05) is 20.8 Å². The molecule has 0 aromatic carbocycles. The fourth-order valence-corrected chi connectivity index (χ4v) is 2.87. The first kappa shape index (κ1) is 16.1. The number of likely N-dealkylation sites (tertiary alicyclic amines) is 2. The molecular formula is C15H26N2O4. The molecule has 120 valence electrons. The summed E-state index contributed by atoms with van der Waals surface area (Å²) in [5, 5.41) is 0. The van der Waals surface area contributed by atoms with Gasteiger partial charge in [0, 0.05) is 32.2 Å². The first-order valence-electron chi connectivity index (χ1n) is 7.60. The number of carbonyl (C=O) groups is 2. The first-order valence-corrected chi connectivity index (χ1v) is 7.60. The van der Waals surface area contributed by atoms with Gasteiger partial charge in [-0.3, -0.25) is 9.69 Å². The molecule has 0 aliphatic carbocycles. The Labute approximate surface area is 126 Å². The van der Waals surface area contributed by atoms with E-state index < -0.39 is 5.60 Å². The van der Waals surface area contributed by atoms with Gasteiger partial charge >= 0.3 is 12.1 Å². The second-order valence-electron chi connectivity index (χ2n) is 6.90. The minimum atomic E-state index is -0.462. The standard InChI is InChI=1S/C15H26N2O4/c1-15(2,3)21-14(19)16-7-5-6-12(10-16)17-8-11(9-17)13(18)20-4/h11-12H,5-10H2,1-4H3. The van der Waals surface area contributed by atoms with Gasteiger partial charge in [0.15, 0.2) is 0 Å². The van der Waals surface area contributed by atoms with Crippen LogP contribution in [0, 0.1) is 5.92 Å². The van der Waals surface area contributed by atoms with Crippen LogP contribution in [0.4, 0.5) is 4.79 Å². The number of hydrogen-bond donors (Lipinski definition) is 0. The van der Waals surface area contributed by atoms with Crippen molar-refractivity contribution in [2.75, 3.05) is 33.3 Å². The number of amides is 1. The molecule has 1 atom stereocenters. The molecule has 6 heteroatoms. The van der Waals surface area contributed by atoms with Crippen molar-refractivity contribution >= 4 is 12.1 Å². The van der Waals surface area contributed by atoms with Gasteiger partial charge in [-0.1, -0.05) is 0 Å². The van der Waals surface area contributed by atoms with Gasteiger partial charge in [0.2, 0.25) is 0 Å². The molecule has 0 radical (unpaired) electrons. The third-order valence-corrected chi connectivity index (χ3v) is 4.01. The van der Waals surface area contributed by atoms with E-state index in [0.29, 0.717) is 12.6 Å². The summed E-state index contributed by atoms with van der Waals surface area (Å²) in [4.78, 5) is 27.6. The maximum Gasteiger partial charge on any atom is 0.410 e. The van der Waals surface area contributed by atoms with E-state index in [9.17, 15) is 9.59 Å². The summed E-state index contributed by atoms with van der Waals surface area (Å²) in [5.41, 5.74) is -0.462. The number of esters is 1. The van der Waals surface area contributed by atoms with Crippen molar-refractivity contribution in [3.05, 3.63) is 0 Å². The zero-order valence-corrected chi connectivity index (χ0v) is 13.4. The Kier molecular flexibility index (Phi) is 4.76. The predicted molar refractivity (Wildman–Crippen MR) is 77.9 cm³/mol. The summed E-state index contributed by atoms with van der Waals surface area (Å²) < 4.78 is 10.2. The SMILES string of the molecule is COC(=O)C1CN(C2CCCN(C(=O)OC(C)(C)C)C2)C1. The van der Waals surface area contributed by atoms with Crippen molar-refractivity contribution in [3.63, 3.8) is 0 Å². The average Bonchev–Trinajstić information content (AvgIpc) is 2.35. The molecule has 0 N–H and O–H groups in total. The quantitative estimate of drug-likeness (QED) is 0.723. The number of ether oxygens (including phenoxy) is 2. The predicted octanol–water partition coefficient (Wildman–Crippen LogP) is 1.49. The molecule has 1 unspecified atom stereocenters. The molecule has 0 aromatic heterocycles. The molecule has 2 heterocycles.